The molecule has 0 spiro atoms. The summed E-state index contributed by atoms with van der Waals surface area (Å²) in [5, 5.41) is 2.47. The molecule has 1 N–H and O–H groups in total. The van der Waals surface area contributed by atoms with E-state index in [-0.39, 0.29) is 17.9 Å². The van der Waals surface area contributed by atoms with Gasteiger partial charge in [0, 0.05) is 13.0 Å². The Morgan fingerprint density at radius 1 is 1.45 bits per heavy atom. The third-order valence-electron chi connectivity index (χ3n) is 1.11. The maximum Gasteiger partial charge on any atom is 0.220 e. The molecule has 0 heterocycles. The molecule has 0 aromatic heterocycles. The van der Waals surface area contributed by atoms with Crippen LogP contribution in [0.5, 0.6) is 0 Å². The Labute approximate surface area is 67.2 Å². The predicted octanol–water partition coefficient (Wildman–Crippen LogP) is 1.51. The number of rotatable bonds is 3. The molecule has 0 aromatic rings. The van der Waals surface area contributed by atoms with Crippen molar-refractivity contribution in [1.29, 1.82) is 0 Å². The van der Waals surface area contributed by atoms with Crippen LogP contribution in [0.1, 0.15) is 27.2 Å². The van der Waals surface area contributed by atoms with E-state index in [1.54, 1.807) is 0 Å². The Bertz CT molecular complexity index is 129. The molecule has 0 fully saturated rings. The zero-order chi connectivity index (χ0) is 8.91. The summed E-state index contributed by atoms with van der Waals surface area (Å²) in [6, 6.07) is 0. The van der Waals surface area contributed by atoms with Gasteiger partial charge in [-0.1, -0.05) is 20.8 Å². The van der Waals surface area contributed by atoms with Crippen molar-refractivity contribution in [2.75, 3.05) is 13.2 Å². The predicted molar refractivity (Wildman–Crippen MR) is 43.1 cm³/mol. The smallest absolute Gasteiger partial charge is 0.220 e. The van der Waals surface area contributed by atoms with E-state index < -0.39 is 6.67 Å². The quantitative estimate of drug-likeness (QED) is 0.668. The molecule has 0 aliphatic rings. The highest BCUT2D eigenvalue weighted by atomic mass is 19.1. The van der Waals surface area contributed by atoms with Crippen molar-refractivity contribution in [3.8, 4) is 0 Å². The zero-order valence-corrected chi connectivity index (χ0v) is 7.41. The van der Waals surface area contributed by atoms with Crippen LogP contribution in [0.25, 0.3) is 0 Å². The van der Waals surface area contributed by atoms with Crippen LogP contribution in [0.3, 0.4) is 0 Å². The number of hydrogen-bond donors (Lipinski definition) is 1. The molecule has 0 saturated heterocycles. The fraction of sp³-hybridized carbons (Fsp3) is 0.875. The van der Waals surface area contributed by atoms with E-state index >= 15 is 0 Å². The highest BCUT2D eigenvalue weighted by molar-refractivity contribution is 5.76. The molecule has 0 aliphatic heterocycles. The Balaban J connectivity index is 3.53. The second kappa shape index (κ2) is 4.31. The largest absolute Gasteiger partial charge is 0.353 e. The summed E-state index contributed by atoms with van der Waals surface area (Å²) in [7, 11) is 0. The van der Waals surface area contributed by atoms with Gasteiger partial charge in [-0.2, -0.15) is 0 Å². The Morgan fingerprint density at radius 2 is 2.00 bits per heavy atom. The van der Waals surface area contributed by atoms with Gasteiger partial charge in [-0.15, -0.1) is 0 Å². The van der Waals surface area contributed by atoms with Crippen molar-refractivity contribution in [1.82, 2.24) is 5.32 Å². The van der Waals surface area contributed by atoms with Crippen LogP contribution in [0, 0.1) is 5.41 Å². The number of carbonyl (C=O) groups excluding carboxylic acids is 1. The lowest BCUT2D eigenvalue weighted by Crippen LogP contribution is -2.29. The minimum Gasteiger partial charge on any atom is -0.353 e. The lowest BCUT2D eigenvalue weighted by atomic mass is 9.92. The van der Waals surface area contributed by atoms with Gasteiger partial charge in [-0.3, -0.25) is 4.79 Å². The van der Waals surface area contributed by atoms with E-state index in [0.29, 0.717) is 6.42 Å². The number of hydrogen-bond acceptors (Lipinski definition) is 1. The van der Waals surface area contributed by atoms with Crippen LogP contribution in [-0.2, 0) is 4.79 Å². The molecule has 0 unspecified atom stereocenters. The van der Waals surface area contributed by atoms with Gasteiger partial charge in [0.1, 0.15) is 6.67 Å². The minimum atomic E-state index is -0.490. The van der Waals surface area contributed by atoms with Gasteiger partial charge in [0.15, 0.2) is 0 Å². The first-order valence-electron chi connectivity index (χ1n) is 3.78. The molecule has 0 aliphatic carbocycles. The summed E-state index contributed by atoms with van der Waals surface area (Å²) in [6.07, 6.45) is 0.451. The van der Waals surface area contributed by atoms with Crippen molar-refractivity contribution < 1.29 is 9.18 Å². The molecular weight excluding hydrogens is 145 g/mol. The Morgan fingerprint density at radius 3 is 2.36 bits per heavy atom. The summed E-state index contributed by atoms with van der Waals surface area (Å²) in [6.45, 7) is 5.57. The lowest BCUT2D eigenvalue weighted by molar-refractivity contribution is -0.122. The van der Waals surface area contributed by atoms with Gasteiger partial charge < -0.3 is 5.32 Å². The summed E-state index contributed by atoms with van der Waals surface area (Å²) in [4.78, 5) is 10.9. The topological polar surface area (TPSA) is 29.1 Å². The van der Waals surface area contributed by atoms with Crippen LogP contribution in [0.2, 0.25) is 0 Å². The monoisotopic (exact) mass is 161 g/mol. The number of nitrogens with one attached hydrogen (secondary N) is 1. The summed E-state index contributed by atoms with van der Waals surface area (Å²) in [5.74, 6) is -0.0739. The van der Waals surface area contributed by atoms with Crippen LogP contribution in [-0.4, -0.2) is 19.1 Å². The van der Waals surface area contributed by atoms with Crippen LogP contribution in [0.4, 0.5) is 4.39 Å². The molecule has 0 radical (unpaired) electrons. The van der Waals surface area contributed by atoms with E-state index in [2.05, 4.69) is 5.32 Å². The van der Waals surface area contributed by atoms with E-state index in [0.717, 1.165) is 0 Å². The maximum atomic E-state index is 11.6. The molecule has 66 valence electrons. The Kier molecular flexibility index (Phi) is 4.08. The SMILES string of the molecule is CC(C)(C)CC(=O)NCCF. The molecule has 0 aromatic carbocycles. The van der Waals surface area contributed by atoms with Gasteiger partial charge in [-0.05, 0) is 5.41 Å². The number of halogens is 1. The van der Waals surface area contributed by atoms with E-state index in [4.69, 9.17) is 0 Å². The molecular formula is C8H16FNO. The first kappa shape index (κ1) is 10.4. The minimum absolute atomic E-state index is 0.0135. The molecule has 0 atom stereocenters. The van der Waals surface area contributed by atoms with Crippen molar-refractivity contribution in [3.63, 3.8) is 0 Å². The standard InChI is InChI=1S/C8H16FNO/c1-8(2,3)6-7(11)10-5-4-9/h4-6H2,1-3H3,(H,10,11). The van der Waals surface area contributed by atoms with E-state index in [1.807, 2.05) is 20.8 Å². The van der Waals surface area contributed by atoms with Gasteiger partial charge in [0.25, 0.3) is 0 Å². The highest BCUT2D eigenvalue weighted by Gasteiger charge is 2.14. The summed E-state index contributed by atoms with van der Waals surface area (Å²) < 4.78 is 11.6. The normalized spacial score (nSPS) is 11.3. The second-order valence-electron chi connectivity index (χ2n) is 3.78. The van der Waals surface area contributed by atoms with Crippen molar-refractivity contribution >= 4 is 5.91 Å². The van der Waals surface area contributed by atoms with E-state index in [9.17, 15) is 9.18 Å². The average Bonchev–Trinajstić information content (AvgIpc) is 1.79. The molecule has 3 heteroatoms. The highest BCUT2D eigenvalue weighted by Crippen LogP contribution is 2.17. The molecule has 0 rings (SSSR count). The van der Waals surface area contributed by atoms with Crippen molar-refractivity contribution in [2.24, 2.45) is 5.41 Å². The average molecular weight is 161 g/mol. The molecule has 11 heavy (non-hydrogen) atoms. The third kappa shape index (κ3) is 7.30. The first-order valence-corrected chi connectivity index (χ1v) is 3.78. The van der Waals surface area contributed by atoms with Crippen LogP contribution < -0.4 is 5.32 Å². The second-order valence-corrected chi connectivity index (χ2v) is 3.78. The Hall–Kier alpha value is -0.600. The van der Waals surface area contributed by atoms with Gasteiger partial charge in [-0.25, -0.2) is 4.39 Å². The number of amides is 1. The zero-order valence-electron chi connectivity index (χ0n) is 7.41. The summed E-state index contributed by atoms with van der Waals surface area (Å²) >= 11 is 0. The fourth-order valence-electron chi connectivity index (χ4n) is 0.731. The molecule has 0 bridgehead atoms. The molecule has 0 saturated carbocycles. The van der Waals surface area contributed by atoms with Crippen LogP contribution in [0.15, 0.2) is 0 Å². The van der Waals surface area contributed by atoms with Gasteiger partial charge in [0.2, 0.25) is 5.91 Å². The summed E-state index contributed by atoms with van der Waals surface area (Å²) in [5.41, 5.74) is -0.0135. The van der Waals surface area contributed by atoms with Crippen molar-refractivity contribution in [3.05, 3.63) is 0 Å². The fourth-order valence-corrected chi connectivity index (χ4v) is 0.731. The lowest BCUT2D eigenvalue weighted by Gasteiger charge is -2.16. The maximum absolute atomic E-state index is 11.6. The first-order chi connectivity index (χ1) is 4.95. The molecule has 2 nitrogen and oxygen atoms in total. The van der Waals surface area contributed by atoms with Gasteiger partial charge >= 0.3 is 0 Å². The third-order valence-corrected chi connectivity index (χ3v) is 1.11. The van der Waals surface area contributed by atoms with Gasteiger partial charge in [0.05, 0.1) is 0 Å². The van der Waals surface area contributed by atoms with E-state index in [1.165, 1.54) is 0 Å². The number of carbonyl (C=O) groups is 1. The molecule has 1 amide bonds. The van der Waals surface area contributed by atoms with Crippen LogP contribution >= 0.6 is 0 Å². The van der Waals surface area contributed by atoms with Crippen molar-refractivity contribution in [2.45, 2.75) is 27.2 Å². The number of alkyl halides is 1.